The number of rotatable bonds is 2. The van der Waals surface area contributed by atoms with Crippen LogP contribution in [0.4, 0.5) is 0 Å². The SMILES string of the molecule is c1ccc(-n2ncc(-c3ccccn3)n2)cc1. The van der Waals surface area contributed by atoms with Crippen LogP contribution in [-0.2, 0) is 0 Å². The molecule has 0 radical (unpaired) electrons. The van der Waals surface area contributed by atoms with E-state index in [4.69, 9.17) is 0 Å². The molecule has 0 unspecified atom stereocenters. The predicted molar refractivity (Wildman–Crippen MR) is 64.6 cm³/mol. The molecular formula is C13H10N4. The van der Waals surface area contributed by atoms with Gasteiger partial charge in [-0.05, 0) is 24.3 Å². The number of pyridine rings is 1. The summed E-state index contributed by atoms with van der Waals surface area (Å²) in [6, 6.07) is 15.5. The minimum absolute atomic E-state index is 0.773. The number of benzene rings is 1. The van der Waals surface area contributed by atoms with Crippen molar-refractivity contribution in [3.05, 3.63) is 60.9 Å². The van der Waals surface area contributed by atoms with Crippen molar-refractivity contribution in [2.24, 2.45) is 0 Å². The molecule has 3 rings (SSSR count). The number of para-hydroxylation sites is 1. The Labute approximate surface area is 98.6 Å². The van der Waals surface area contributed by atoms with Crippen LogP contribution in [0, 0.1) is 0 Å². The van der Waals surface area contributed by atoms with Gasteiger partial charge >= 0.3 is 0 Å². The van der Waals surface area contributed by atoms with Crippen molar-refractivity contribution >= 4 is 0 Å². The summed E-state index contributed by atoms with van der Waals surface area (Å²) >= 11 is 0. The molecule has 0 spiro atoms. The van der Waals surface area contributed by atoms with Crippen LogP contribution in [0.15, 0.2) is 60.9 Å². The summed E-state index contributed by atoms with van der Waals surface area (Å²) in [6.45, 7) is 0. The van der Waals surface area contributed by atoms with Gasteiger partial charge in [0.15, 0.2) is 0 Å². The van der Waals surface area contributed by atoms with Gasteiger partial charge in [0.2, 0.25) is 0 Å². The lowest BCUT2D eigenvalue weighted by Crippen LogP contribution is -1.97. The third-order valence-corrected chi connectivity index (χ3v) is 2.41. The first-order chi connectivity index (χ1) is 8.43. The van der Waals surface area contributed by atoms with Crippen molar-refractivity contribution in [3.8, 4) is 17.1 Å². The van der Waals surface area contributed by atoms with Gasteiger partial charge in [-0.15, -0.1) is 5.10 Å². The smallest absolute Gasteiger partial charge is 0.131 e. The molecule has 0 amide bonds. The molecule has 2 heterocycles. The first-order valence-electron chi connectivity index (χ1n) is 5.33. The second kappa shape index (κ2) is 4.17. The van der Waals surface area contributed by atoms with Gasteiger partial charge in [0.25, 0.3) is 0 Å². The standard InChI is InChI=1S/C13H10N4/c1-2-6-11(7-3-1)17-15-10-13(16-17)12-8-4-5-9-14-12/h1-10H. The Morgan fingerprint density at radius 2 is 1.65 bits per heavy atom. The fraction of sp³-hybridized carbons (Fsp3) is 0. The van der Waals surface area contributed by atoms with E-state index < -0.39 is 0 Å². The molecule has 4 nitrogen and oxygen atoms in total. The van der Waals surface area contributed by atoms with Crippen molar-refractivity contribution < 1.29 is 0 Å². The van der Waals surface area contributed by atoms with Crippen molar-refractivity contribution in [1.29, 1.82) is 0 Å². The third kappa shape index (κ3) is 1.92. The van der Waals surface area contributed by atoms with E-state index in [9.17, 15) is 0 Å². The summed E-state index contributed by atoms with van der Waals surface area (Å²) in [5, 5.41) is 8.62. The van der Waals surface area contributed by atoms with Gasteiger partial charge in [0.1, 0.15) is 5.69 Å². The average molecular weight is 222 g/mol. The molecule has 0 saturated heterocycles. The monoisotopic (exact) mass is 222 g/mol. The van der Waals surface area contributed by atoms with Crippen LogP contribution in [0.5, 0.6) is 0 Å². The Morgan fingerprint density at radius 1 is 0.824 bits per heavy atom. The summed E-state index contributed by atoms with van der Waals surface area (Å²) in [5.74, 6) is 0. The average Bonchev–Trinajstić information content (AvgIpc) is 2.90. The fourth-order valence-corrected chi connectivity index (χ4v) is 1.58. The van der Waals surface area contributed by atoms with Gasteiger partial charge in [0, 0.05) is 6.20 Å². The van der Waals surface area contributed by atoms with Crippen LogP contribution in [0.2, 0.25) is 0 Å². The molecule has 82 valence electrons. The molecule has 0 aliphatic heterocycles. The maximum atomic E-state index is 4.39. The highest BCUT2D eigenvalue weighted by molar-refractivity contribution is 5.51. The van der Waals surface area contributed by atoms with E-state index >= 15 is 0 Å². The highest BCUT2D eigenvalue weighted by atomic mass is 15.5. The lowest BCUT2D eigenvalue weighted by molar-refractivity contribution is 0.753. The van der Waals surface area contributed by atoms with Crippen molar-refractivity contribution in [3.63, 3.8) is 0 Å². The predicted octanol–water partition coefficient (Wildman–Crippen LogP) is 2.33. The largest absolute Gasteiger partial charge is 0.254 e. The number of hydrogen-bond acceptors (Lipinski definition) is 3. The first-order valence-corrected chi connectivity index (χ1v) is 5.33. The number of hydrogen-bond donors (Lipinski definition) is 0. The second-order valence-electron chi connectivity index (χ2n) is 3.57. The first kappa shape index (κ1) is 9.72. The van der Waals surface area contributed by atoms with E-state index in [0.717, 1.165) is 17.1 Å². The number of aromatic nitrogens is 4. The summed E-state index contributed by atoms with van der Waals surface area (Å²) in [5.41, 5.74) is 2.54. The summed E-state index contributed by atoms with van der Waals surface area (Å²) in [7, 11) is 0. The highest BCUT2D eigenvalue weighted by Gasteiger charge is 2.04. The molecule has 0 atom stereocenters. The van der Waals surface area contributed by atoms with Gasteiger partial charge < -0.3 is 0 Å². The quantitative estimate of drug-likeness (QED) is 0.668. The summed E-state index contributed by atoms with van der Waals surface area (Å²) < 4.78 is 0. The topological polar surface area (TPSA) is 43.6 Å². The Balaban J connectivity index is 1.99. The minimum Gasteiger partial charge on any atom is -0.254 e. The Bertz CT molecular complexity index is 548. The summed E-state index contributed by atoms with van der Waals surface area (Å²) in [6.07, 6.45) is 3.46. The molecule has 0 bridgehead atoms. The Hall–Kier alpha value is -2.49. The lowest BCUT2D eigenvalue weighted by atomic mass is 10.3. The van der Waals surface area contributed by atoms with Gasteiger partial charge in [-0.3, -0.25) is 4.98 Å². The molecule has 0 fully saturated rings. The third-order valence-electron chi connectivity index (χ3n) is 2.41. The normalized spacial score (nSPS) is 10.4. The van der Waals surface area contributed by atoms with Crippen molar-refractivity contribution in [2.75, 3.05) is 0 Å². The zero-order valence-electron chi connectivity index (χ0n) is 9.06. The minimum atomic E-state index is 0.773. The summed E-state index contributed by atoms with van der Waals surface area (Å²) in [4.78, 5) is 5.84. The molecule has 0 N–H and O–H groups in total. The number of nitrogens with zero attached hydrogens (tertiary/aromatic N) is 4. The van der Waals surface area contributed by atoms with Gasteiger partial charge in [0.05, 0.1) is 17.6 Å². The van der Waals surface area contributed by atoms with Gasteiger partial charge in [-0.1, -0.05) is 24.3 Å². The maximum Gasteiger partial charge on any atom is 0.131 e. The van der Waals surface area contributed by atoms with E-state index in [0.29, 0.717) is 0 Å². The van der Waals surface area contributed by atoms with Gasteiger partial charge in [-0.25, -0.2) is 0 Å². The van der Waals surface area contributed by atoms with Crippen LogP contribution in [0.1, 0.15) is 0 Å². The van der Waals surface area contributed by atoms with Crippen LogP contribution >= 0.6 is 0 Å². The molecule has 1 aromatic carbocycles. The van der Waals surface area contributed by atoms with Crippen LogP contribution in [-0.4, -0.2) is 20.0 Å². The molecule has 3 aromatic rings. The Morgan fingerprint density at radius 3 is 2.41 bits per heavy atom. The molecule has 2 aromatic heterocycles. The molecular weight excluding hydrogens is 212 g/mol. The van der Waals surface area contributed by atoms with Crippen LogP contribution in [0.25, 0.3) is 17.1 Å². The highest BCUT2D eigenvalue weighted by Crippen LogP contribution is 2.13. The molecule has 17 heavy (non-hydrogen) atoms. The second-order valence-corrected chi connectivity index (χ2v) is 3.57. The van der Waals surface area contributed by atoms with Crippen LogP contribution in [0.3, 0.4) is 0 Å². The van der Waals surface area contributed by atoms with E-state index in [2.05, 4.69) is 15.2 Å². The lowest BCUT2D eigenvalue weighted by Gasteiger charge is -1.97. The molecule has 0 aliphatic rings. The van der Waals surface area contributed by atoms with E-state index in [-0.39, 0.29) is 0 Å². The molecule has 4 heteroatoms. The fourth-order valence-electron chi connectivity index (χ4n) is 1.58. The van der Waals surface area contributed by atoms with Crippen LogP contribution < -0.4 is 0 Å². The van der Waals surface area contributed by atoms with E-state index in [1.54, 1.807) is 17.2 Å². The maximum absolute atomic E-state index is 4.39. The van der Waals surface area contributed by atoms with Gasteiger partial charge in [-0.2, -0.15) is 9.90 Å². The zero-order chi connectivity index (χ0) is 11.5. The Kier molecular flexibility index (Phi) is 2.38. The van der Waals surface area contributed by atoms with E-state index in [1.165, 1.54) is 0 Å². The molecule has 0 aliphatic carbocycles. The van der Waals surface area contributed by atoms with E-state index in [1.807, 2.05) is 48.5 Å². The van der Waals surface area contributed by atoms with Crippen molar-refractivity contribution in [1.82, 2.24) is 20.0 Å². The zero-order valence-corrected chi connectivity index (χ0v) is 9.06. The molecule has 0 saturated carbocycles. The van der Waals surface area contributed by atoms with Crippen molar-refractivity contribution in [2.45, 2.75) is 0 Å².